The Bertz CT molecular complexity index is 404. The number of Topliss-reactive ketones (excluding diaryl/α,β-unsaturated/α-hetero) is 1. The van der Waals surface area contributed by atoms with Crippen LogP contribution in [0, 0.1) is 0 Å². The summed E-state index contributed by atoms with van der Waals surface area (Å²) in [7, 11) is 1.64. The maximum Gasteiger partial charge on any atom is 0.179 e. The summed E-state index contributed by atoms with van der Waals surface area (Å²) in [4.78, 5) is 12.2. The van der Waals surface area contributed by atoms with Crippen molar-refractivity contribution in [1.29, 1.82) is 0 Å². The highest BCUT2D eigenvalue weighted by Crippen LogP contribution is 2.16. The van der Waals surface area contributed by atoms with Gasteiger partial charge in [-0.25, -0.2) is 0 Å². The molecule has 0 saturated carbocycles. The number of methoxy groups -OCH3 is 1. The van der Waals surface area contributed by atoms with E-state index in [0.717, 1.165) is 6.42 Å². The zero-order chi connectivity index (χ0) is 14.3. The van der Waals surface area contributed by atoms with Crippen LogP contribution in [-0.4, -0.2) is 31.6 Å². The largest absolute Gasteiger partial charge is 0.491 e. The fourth-order valence-corrected chi connectivity index (χ4v) is 1.79. The molecule has 0 amide bonds. The van der Waals surface area contributed by atoms with Gasteiger partial charge in [-0.05, 0) is 38.8 Å². The van der Waals surface area contributed by atoms with Gasteiger partial charge in [0.15, 0.2) is 5.78 Å². The van der Waals surface area contributed by atoms with E-state index in [2.05, 4.69) is 0 Å². The molecule has 2 N–H and O–H groups in total. The van der Waals surface area contributed by atoms with Crippen molar-refractivity contribution in [1.82, 2.24) is 0 Å². The molecule has 0 aliphatic heterocycles. The second kappa shape index (κ2) is 7.92. The Morgan fingerprint density at radius 3 is 2.74 bits per heavy atom. The van der Waals surface area contributed by atoms with Crippen LogP contribution in [0.1, 0.15) is 37.0 Å². The highest BCUT2D eigenvalue weighted by Gasteiger charge is 2.16. The Labute approximate surface area is 114 Å². The summed E-state index contributed by atoms with van der Waals surface area (Å²) in [5.41, 5.74) is 6.50. The summed E-state index contributed by atoms with van der Waals surface area (Å²) in [5.74, 6) is 0.648. The topological polar surface area (TPSA) is 61.5 Å². The van der Waals surface area contributed by atoms with Crippen LogP contribution in [0.2, 0.25) is 0 Å². The smallest absolute Gasteiger partial charge is 0.179 e. The van der Waals surface area contributed by atoms with Gasteiger partial charge < -0.3 is 15.2 Å². The highest BCUT2D eigenvalue weighted by atomic mass is 16.5. The van der Waals surface area contributed by atoms with Crippen LogP contribution in [0.4, 0.5) is 0 Å². The Kier molecular flexibility index (Phi) is 6.53. The number of rotatable bonds is 8. The van der Waals surface area contributed by atoms with Crippen LogP contribution < -0.4 is 10.5 Å². The average Bonchev–Trinajstić information content (AvgIpc) is 2.37. The standard InChI is InChI=1S/C15H23NO3/c1-11(2)19-13-7-4-6-12(10-13)15(17)14(16)8-5-9-18-3/h4,6-7,10-11,14H,5,8-9,16H2,1-3H3. The van der Waals surface area contributed by atoms with E-state index >= 15 is 0 Å². The predicted molar refractivity (Wildman–Crippen MR) is 75.6 cm³/mol. The molecule has 4 nitrogen and oxygen atoms in total. The Morgan fingerprint density at radius 1 is 1.37 bits per heavy atom. The monoisotopic (exact) mass is 265 g/mol. The van der Waals surface area contributed by atoms with Gasteiger partial charge in [-0.3, -0.25) is 4.79 Å². The summed E-state index contributed by atoms with van der Waals surface area (Å²) in [6.45, 7) is 4.52. The maximum atomic E-state index is 12.2. The third-order valence-electron chi connectivity index (χ3n) is 2.69. The van der Waals surface area contributed by atoms with E-state index < -0.39 is 6.04 Å². The molecule has 0 saturated heterocycles. The lowest BCUT2D eigenvalue weighted by Gasteiger charge is -2.13. The summed E-state index contributed by atoms with van der Waals surface area (Å²) in [6, 6.07) is 6.69. The fraction of sp³-hybridized carbons (Fsp3) is 0.533. The summed E-state index contributed by atoms with van der Waals surface area (Å²) < 4.78 is 10.5. The number of nitrogens with two attached hydrogens (primary N) is 1. The summed E-state index contributed by atoms with van der Waals surface area (Å²) >= 11 is 0. The lowest BCUT2D eigenvalue weighted by atomic mass is 10.0. The number of carbonyl (C=O) groups excluding carboxylic acids is 1. The molecule has 19 heavy (non-hydrogen) atoms. The molecule has 106 valence electrons. The van der Waals surface area contributed by atoms with Crippen molar-refractivity contribution < 1.29 is 14.3 Å². The van der Waals surface area contributed by atoms with Gasteiger partial charge in [0.25, 0.3) is 0 Å². The first-order valence-electron chi connectivity index (χ1n) is 6.60. The van der Waals surface area contributed by atoms with E-state index in [1.54, 1.807) is 19.2 Å². The van der Waals surface area contributed by atoms with Gasteiger partial charge in [0.2, 0.25) is 0 Å². The maximum absolute atomic E-state index is 12.2. The molecule has 0 fully saturated rings. The second-order valence-electron chi connectivity index (χ2n) is 4.80. The number of ether oxygens (including phenoxy) is 2. The zero-order valence-electron chi connectivity index (χ0n) is 11.9. The minimum Gasteiger partial charge on any atom is -0.491 e. The number of hydrogen-bond acceptors (Lipinski definition) is 4. The number of hydrogen-bond donors (Lipinski definition) is 1. The van der Waals surface area contributed by atoms with Crippen molar-refractivity contribution in [3.63, 3.8) is 0 Å². The van der Waals surface area contributed by atoms with Crippen molar-refractivity contribution in [2.24, 2.45) is 5.73 Å². The quantitative estimate of drug-likeness (QED) is 0.579. The number of carbonyl (C=O) groups is 1. The molecular weight excluding hydrogens is 242 g/mol. The molecule has 0 aliphatic carbocycles. The molecule has 1 rings (SSSR count). The van der Waals surface area contributed by atoms with E-state index in [9.17, 15) is 4.79 Å². The van der Waals surface area contributed by atoms with Crippen molar-refractivity contribution in [2.45, 2.75) is 38.8 Å². The Hall–Kier alpha value is -1.39. The van der Waals surface area contributed by atoms with Gasteiger partial charge in [0, 0.05) is 19.3 Å². The fourth-order valence-electron chi connectivity index (χ4n) is 1.79. The van der Waals surface area contributed by atoms with E-state index in [1.807, 2.05) is 26.0 Å². The number of ketones is 1. The van der Waals surface area contributed by atoms with Gasteiger partial charge in [-0.2, -0.15) is 0 Å². The first kappa shape index (κ1) is 15.7. The molecule has 0 spiro atoms. The normalized spacial score (nSPS) is 12.5. The third-order valence-corrected chi connectivity index (χ3v) is 2.69. The first-order valence-corrected chi connectivity index (χ1v) is 6.60. The van der Waals surface area contributed by atoms with E-state index in [1.165, 1.54) is 0 Å². The Balaban J connectivity index is 2.65. The minimum absolute atomic E-state index is 0.0506. The van der Waals surface area contributed by atoms with Crippen LogP contribution in [0.3, 0.4) is 0 Å². The second-order valence-corrected chi connectivity index (χ2v) is 4.80. The Morgan fingerprint density at radius 2 is 2.11 bits per heavy atom. The van der Waals surface area contributed by atoms with Crippen LogP contribution in [0.25, 0.3) is 0 Å². The van der Waals surface area contributed by atoms with Crippen molar-refractivity contribution in [2.75, 3.05) is 13.7 Å². The average molecular weight is 265 g/mol. The van der Waals surface area contributed by atoms with Crippen LogP contribution in [0.15, 0.2) is 24.3 Å². The molecule has 1 aromatic rings. The molecule has 0 radical (unpaired) electrons. The van der Waals surface area contributed by atoms with Crippen LogP contribution in [-0.2, 0) is 4.74 Å². The molecule has 1 aromatic carbocycles. The van der Waals surface area contributed by atoms with Gasteiger partial charge in [0.1, 0.15) is 5.75 Å². The van der Waals surface area contributed by atoms with Crippen LogP contribution >= 0.6 is 0 Å². The molecule has 0 heterocycles. The highest BCUT2D eigenvalue weighted by molar-refractivity contribution is 6.00. The van der Waals surface area contributed by atoms with E-state index in [-0.39, 0.29) is 11.9 Å². The SMILES string of the molecule is COCCCC(N)C(=O)c1cccc(OC(C)C)c1. The molecular formula is C15H23NO3. The molecule has 0 aromatic heterocycles. The number of benzene rings is 1. The van der Waals surface area contributed by atoms with Crippen LogP contribution in [0.5, 0.6) is 5.75 Å². The molecule has 1 unspecified atom stereocenters. The minimum atomic E-state index is -0.482. The molecule has 0 aliphatic rings. The molecule has 0 bridgehead atoms. The van der Waals surface area contributed by atoms with Crippen molar-refractivity contribution >= 4 is 5.78 Å². The zero-order valence-corrected chi connectivity index (χ0v) is 11.9. The first-order chi connectivity index (χ1) is 9.04. The predicted octanol–water partition coefficient (Wildman–Crippen LogP) is 2.41. The van der Waals surface area contributed by atoms with Crippen molar-refractivity contribution in [3.8, 4) is 5.75 Å². The van der Waals surface area contributed by atoms with Gasteiger partial charge in [0.05, 0.1) is 12.1 Å². The van der Waals surface area contributed by atoms with Gasteiger partial charge >= 0.3 is 0 Å². The van der Waals surface area contributed by atoms with Gasteiger partial charge in [-0.1, -0.05) is 12.1 Å². The third kappa shape index (κ3) is 5.41. The van der Waals surface area contributed by atoms with Crippen molar-refractivity contribution in [3.05, 3.63) is 29.8 Å². The lowest BCUT2D eigenvalue weighted by molar-refractivity contribution is 0.0949. The molecule has 1 atom stereocenters. The van der Waals surface area contributed by atoms with E-state index in [4.69, 9.17) is 15.2 Å². The van der Waals surface area contributed by atoms with Gasteiger partial charge in [-0.15, -0.1) is 0 Å². The van der Waals surface area contributed by atoms with E-state index in [0.29, 0.717) is 24.3 Å². The molecule has 4 heteroatoms. The summed E-state index contributed by atoms with van der Waals surface area (Å²) in [6.07, 6.45) is 1.49. The summed E-state index contributed by atoms with van der Waals surface area (Å²) in [5, 5.41) is 0. The lowest BCUT2D eigenvalue weighted by Crippen LogP contribution is -2.30.